The standard InChI is InChI=1S/C14H16BrN3O2/c1-8(2)10-6-9(15)4-5-11(10)20-14-12(16)13(19-3)17-7-18-14/h4-8H,16H2,1-3H3. The molecule has 0 aliphatic heterocycles. The molecule has 1 heterocycles. The molecule has 106 valence electrons. The molecule has 0 aliphatic carbocycles. The van der Waals surface area contributed by atoms with E-state index in [-0.39, 0.29) is 5.69 Å². The molecule has 1 aromatic heterocycles. The summed E-state index contributed by atoms with van der Waals surface area (Å²) in [6.07, 6.45) is 1.36. The van der Waals surface area contributed by atoms with Crippen molar-refractivity contribution in [3.63, 3.8) is 0 Å². The lowest BCUT2D eigenvalue weighted by Gasteiger charge is -2.15. The van der Waals surface area contributed by atoms with Gasteiger partial charge in [0.1, 0.15) is 12.1 Å². The summed E-state index contributed by atoms with van der Waals surface area (Å²) < 4.78 is 11.9. The van der Waals surface area contributed by atoms with Crippen molar-refractivity contribution in [1.82, 2.24) is 9.97 Å². The highest BCUT2D eigenvalue weighted by Gasteiger charge is 2.14. The Balaban J connectivity index is 2.40. The van der Waals surface area contributed by atoms with Gasteiger partial charge in [0.05, 0.1) is 7.11 Å². The average Bonchev–Trinajstić information content (AvgIpc) is 2.42. The van der Waals surface area contributed by atoms with E-state index in [4.69, 9.17) is 15.2 Å². The number of aromatic nitrogens is 2. The van der Waals surface area contributed by atoms with Crippen molar-refractivity contribution in [2.45, 2.75) is 19.8 Å². The molecule has 0 fully saturated rings. The van der Waals surface area contributed by atoms with E-state index in [0.717, 1.165) is 15.8 Å². The van der Waals surface area contributed by atoms with Crippen LogP contribution in [-0.2, 0) is 0 Å². The number of nitrogens with two attached hydrogens (primary N) is 1. The van der Waals surface area contributed by atoms with Gasteiger partial charge >= 0.3 is 0 Å². The number of halogens is 1. The molecule has 2 aromatic rings. The maximum absolute atomic E-state index is 5.91. The first-order chi connectivity index (χ1) is 9.52. The number of hydrogen-bond acceptors (Lipinski definition) is 5. The maximum atomic E-state index is 5.91. The van der Waals surface area contributed by atoms with Crippen LogP contribution < -0.4 is 15.2 Å². The Morgan fingerprint density at radius 3 is 2.55 bits per heavy atom. The van der Waals surface area contributed by atoms with Gasteiger partial charge in [-0.15, -0.1) is 0 Å². The zero-order valence-corrected chi connectivity index (χ0v) is 13.1. The number of nitrogens with zero attached hydrogens (tertiary/aromatic N) is 2. The Morgan fingerprint density at radius 2 is 1.90 bits per heavy atom. The first kappa shape index (κ1) is 14.6. The predicted octanol–water partition coefficient (Wildman–Crippen LogP) is 3.75. The topological polar surface area (TPSA) is 70.3 Å². The van der Waals surface area contributed by atoms with Crippen LogP contribution in [0, 0.1) is 0 Å². The molecule has 0 radical (unpaired) electrons. The van der Waals surface area contributed by atoms with E-state index in [2.05, 4.69) is 39.7 Å². The smallest absolute Gasteiger partial charge is 0.249 e. The molecule has 0 saturated carbocycles. The Kier molecular flexibility index (Phi) is 4.44. The number of rotatable bonds is 4. The fourth-order valence-corrected chi connectivity index (χ4v) is 2.15. The summed E-state index contributed by atoms with van der Waals surface area (Å²) in [6, 6.07) is 5.82. The number of nitrogen functional groups attached to an aromatic ring is 1. The second kappa shape index (κ2) is 6.09. The fourth-order valence-electron chi connectivity index (χ4n) is 1.78. The molecule has 5 nitrogen and oxygen atoms in total. The number of methoxy groups -OCH3 is 1. The molecule has 20 heavy (non-hydrogen) atoms. The third-order valence-electron chi connectivity index (χ3n) is 2.80. The van der Waals surface area contributed by atoms with Crippen molar-refractivity contribution < 1.29 is 9.47 Å². The first-order valence-corrected chi connectivity index (χ1v) is 6.94. The van der Waals surface area contributed by atoms with Crippen LogP contribution in [0.2, 0.25) is 0 Å². The summed E-state index contributed by atoms with van der Waals surface area (Å²) in [4.78, 5) is 7.98. The monoisotopic (exact) mass is 337 g/mol. The van der Waals surface area contributed by atoms with Crippen LogP contribution in [0.25, 0.3) is 0 Å². The highest BCUT2D eigenvalue weighted by Crippen LogP contribution is 2.35. The molecule has 2 N–H and O–H groups in total. The lowest BCUT2D eigenvalue weighted by molar-refractivity contribution is 0.391. The second-order valence-electron chi connectivity index (χ2n) is 4.54. The molecule has 6 heteroatoms. The summed E-state index contributed by atoms with van der Waals surface area (Å²) in [5.41, 5.74) is 7.26. The van der Waals surface area contributed by atoms with Gasteiger partial charge in [-0.1, -0.05) is 29.8 Å². The molecule has 2 rings (SSSR count). The van der Waals surface area contributed by atoms with Crippen LogP contribution in [0.3, 0.4) is 0 Å². The van der Waals surface area contributed by atoms with Crippen molar-refractivity contribution >= 4 is 21.6 Å². The number of anilines is 1. The highest BCUT2D eigenvalue weighted by atomic mass is 79.9. The molecular weight excluding hydrogens is 322 g/mol. The summed E-state index contributed by atoms with van der Waals surface area (Å²) in [6.45, 7) is 4.19. The van der Waals surface area contributed by atoms with Crippen molar-refractivity contribution in [3.8, 4) is 17.5 Å². The van der Waals surface area contributed by atoms with E-state index in [1.165, 1.54) is 13.4 Å². The summed E-state index contributed by atoms with van der Waals surface area (Å²) >= 11 is 3.46. The summed E-state index contributed by atoms with van der Waals surface area (Å²) in [7, 11) is 1.50. The molecular formula is C14H16BrN3O2. The van der Waals surface area contributed by atoms with E-state index >= 15 is 0 Å². The van der Waals surface area contributed by atoms with Crippen molar-refractivity contribution in [3.05, 3.63) is 34.6 Å². The number of hydrogen-bond donors (Lipinski definition) is 1. The minimum absolute atomic E-state index is 0.285. The number of ether oxygens (including phenoxy) is 2. The zero-order valence-electron chi connectivity index (χ0n) is 11.6. The Hall–Kier alpha value is -1.82. The largest absolute Gasteiger partial charge is 0.479 e. The van der Waals surface area contributed by atoms with E-state index in [0.29, 0.717) is 17.7 Å². The van der Waals surface area contributed by atoms with Crippen LogP contribution in [0.15, 0.2) is 29.0 Å². The highest BCUT2D eigenvalue weighted by molar-refractivity contribution is 9.10. The van der Waals surface area contributed by atoms with Crippen LogP contribution in [0.4, 0.5) is 5.69 Å². The van der Waals surface area contributed by atoms with Crippen molar-refractivity contribution in [2.24, 2.45) is 0 Å². The van der Waals surface area contributed by atoms with Crippen molar-refractivity contribution in [1.29, 1.82) is 0 Å². The van der Waals surface area contributed by atoms with Crippen LogP contribution in [0.1, 0.15) is 25.3 Å². The molecule has 0 amide bonds. The lowest BCUT2D eigenvalue weighted by atomic mass is 10.0. The first-order valence-electron chi connectivity index (χ1n) is 6.14. The van der Waals surface area contributed by atoms with E-state index < -0.39 is 0 Å². The Bertz CT molecular complexity index is 617. The summed E-state index contributed by atoms with van der Waals surface area (Å²) in [5.74, 6) is 1.63. The Morgan fingerprint density at radius 1 is 1.20 bits per heavy atom. The van der Waals surface area contributed by atoms with Crippen LogP contribution >= 0.6 is 15.9 Å². The van der Waals surface area contributed by atoms with Gasteiger partial charge in [-0.25, -0.2) is 0 Å². The minimum Gasteiger partial charge on any atom is -0.479 e. The Labute approximate surface area is 126 Å². The predicted molar refractivity (Wildman–Crippen MR) is 81.3 cm³/mol. The molecule has 0 atom stereocenters. The summed E-state index contributed by atoms with van der Waals surface area (Å²) in [5, 5.41) is 0. The SMILES string of the molecule is COc1ncnc(Oc2ccc(Br)cc2C(C)C)c1N. The van der Waals surface area contributed by atoms with Gasteiger partial charge in [0.2, 0.25) is 11.8 Å². The van der Waals surface area contributed by atoms with Gasteiger partial charge in [-0.3, -0.25) is 0 Å². The van der Waals surface area contributed by atoms with Gasteiger partial charge < -0.3 is 15.2 Å². The van der Waals surface area contributed by atoms with Gasteiger partial charge in [0.25, 0.3) is 0 Å². The molecule has 1 aromatic carbocycles. The zero-order chi connectivity index (χ0) is 14.7. The molecule has 0 saturated heterocycles. The van der Waals surface area contributed by atoms with Gasteiger partial charge in [-0.2, -0.15) is 9.97 Å². The second-order valence-corrected chi connectivity index (χ2v) is 5.46. The lowest BCUT2D eigenvalue weighted by Crippen LogP contribution is -2.02. The number of benzene rings is 1. The third-order valence-corrected chi connectivity index (χ3v) is 3.30. The molecule has 0 bridgehead atoms. The van der Waals surface area contributed by atoms with E-state index in [1.807, 2.05) is 18.2 Å². The quantitative estimate of drug-likeness (QED) is 0.919. The van der Waals surface area contributed by atoms with Crippen LogP contribution in [0.5, 0.6) is 17.5 Å². The molecule has 0 spiro atoms. The molecule has 0 aliphatic rings. The van der Waals surface area contributed by atoms with Crippen LogP contribution in [-0.4, -0.2) is 17.1 Å². The normalized spacial score (nSPS) is 10.7. The van der Waals surface area contributed by atoms with E-state index in [9.17, 15) is 0 Å². The van der Waals surface area contributed by atoms with Gasteiger partial charge in [-0.05, 0) is 29.7 Å². The fraction of sp³-hybridized carbons (Fsp3) is 0.286. The average molecular weight is 338 g/mol. The van der Waals surface area contributed by atoms with Gasteiger partial charge in [0, 0.05) is 4.47 Å². The minimum atomic E-state index is 0.285. The molecule has 0 unspecified atom stereocenters. The maximum Gasteiger partial charge on any atom is 0.249 e. The third kappa shape index (κ3) is 3.01. The van der Waals surface area contributed by atoms with Gasteiger partial charge in [0.15, 0.2) is 5.69 Å². The van der Waals surface area contributed by atoms with Crippen molar-refractivity contribution in [2.75, 3.05) is 12.8 Å². The van der Waals surface area contributed by atoms with E-state index in [1.54, 1.807) is 0 Å².